The van der Waals surface area contributed by atoms with Crippen molar-refractivity contribution in [2.24, 2.45) is 11.1 Å². The zero-order valence-corrected chi connectivity index (χ0v) is 7.91. The van der Waals surface area contributed by atoms with Gasteiger partial charge in [-0.1, -0.05) is 26.8 Å². The molecular formula is C10H16N2. The van der Waals surface area contributed by atoms with E-state index in [-0.39, 0.29) is 11.5 Å². The Balaban J connectivity index is 2.86. The van der Waals surface area contributed by atoms with E-state index in [4.69, 9.17) is 5.73 Å². The fourth-order valence-corrected chi connectivity index (χ4v) is 1.06. The van der Waals surface area contributed by atoms with Gasteiger partial charge < -0.3 is 5.73 Å². The van der Waals surface area contributed by atoms with Crippen LogP contribution in [-0.2, 0) is 0 Å². The average molecular weight is 164 g/mol. The van der Waals surface area contributed by atoms with Crippen LogP contribution in [0.4, 0.5) is 0 Å². The van der Waals surface area contributed by atoms with E-state index in [2.05, 4.69) is 25.8 Å². The molecule has 1 rings (SSSR count). The van der Waals surface area contributed by atoms with E-state index >= 15 is 0 Å². The second kappa shape index (κ2) is 3.23. The highest BCUT2D eigenvalue weighted by atomic mass is 14.7. The van der Waals surface area contributed by atoms with E-state index in [1.807, 2.05) is 18.3 Å². The highest BCUT2D eigenvalue weighted by molar-refractivity contribution is 5.15. The standard InChI is InChI=1S/C10H16N2/c1-10(2,3)9(11)8-5-4-6-12-7-8/h4-7,9H,11H2,1-3H3/t9-/m0/s1. The molecule has 2 nitrogen and oxygen atoms in total. The summed E-state index contributed by atoms with van der Waals surface area (Å²) in [5.41, 5.74) is 7.23. The molecule has 12 heavy (non-hydrogen) atoms. The first-order valence-corrected chi connectivity index (χ1v) is 4.17. The molecule has 0 saturated heterocycles. The number of aromatic nitrogens is 1. The lowest BCUT2D eigenvalue weighted by Gasteiger charge is -2.26. The van der Waals surface area contributed by atoms with Crippen molar-refractivity contribution < 1.29 is 0 Å². The van der Waals surface area contributed by atoms with E-state index in [9.17, 15) is 0 Å². The molecule has 0 amide bonds. The van der Waals surface area contributed by atoms with Crippen LogP contribution in [0.5, 0.6) is 0 Å². The lowest BCUT2D eigenvalue weighted by molar-refractivity contribution is 0.326. The lowest BCUT2D eigenvalue weighted by atomic mass is 9.84. The Bertz CT molecular complexity index is 236. The van der Waals surface area contributed by atoms with Crippen molar-refractivity contribution in [3.05, 3.63) is 30.1 Å². The van der Waals surface area contributed by atoms with Crippen molar-refractivity contribution in [2.45, 2.75) is 26.8 Å². The maximum Gasteiger partial charge on any atom is 0.0359 e. The summed E-state index contributed by atoms with van der Waals surface area (Å²) in [5, 5.41) is 0. The summed E-state index contributed by atoms with van der Waals surface area (Å²) in [4.78, 5) is 4.04. The summed E-state index contributed by atoms with van der Waals surface area (Å²) in [6.07, 6.45) is 3.59. The minimum absolute atomic E-state index is 0.0613. The Morgan fingerprint density at radius 1 is 1.42 bits per heavy atom. The topological polar surface area (TPSA) is 38.9 Å². The van der Waals surface area contributed by atoms with Crippen molar-refractivity contribution in [1.82, 2.24) is 4.98 Å². The molecule has 0 aliphatic carbocycles. The number of pyridine rings is 1. The molecule has 0 unspecified atom stereocenters. The normalized spacial score (nSPS) is 14.3. The third-order valence-corrected chi connectivity index (χ3v) is 1.98. The molecule has 0 fully saturated rings. The fourth-order valence-electron chi connectivity index (χ4n) is 1.06. The van der Waals surface area contributed by atoms with E-state index in [1.54, 1.807) is 6.20 Å². The van der Waals surface area contributed by atoms with Gasteiger partial charge in [0, 0.05) is 18.4 Å². The van der Waals surface area contributed by atoms with Crippen LogP contribution < -0.4 is 5.73 Å². The van der Waals surface area contributed by atoms with E-state index in [0.717, 1.165) is 5.56 Å². The van der Waals surface area contributed by atoms with Crippen LogP contribution in [0.15, 0.2) is 24.5 Å². The molecule has 2 N–H and O–H groups in total. The predicted octanol–water partition coefficient (Wildman–Crippen LogP) is 2.13. The summed E-state index contributed by atoms with van der Waals surface area (Å²) in [7, 11) is 0. The maximum absolute atomic E-state index is 6.03. The van der Waals surface area contributed by atoms with Gasteiger partial charge in [-0.25, -0.2) is 0 Å². The number of rotatable bonds is 1. The minimum Gasteiger partial charge on any atom is -0.323 e. The summed E-state index contributed by atoms with van der Waals surface area (Å²) in [6, 6.07) is 4.00. The van der Waals surface area contributed by atoms with Crippen LogP contribution >= 0.6 is 0 Å². The monoisotopic (exact) mass is 164 g/mol. The highest BCUT2D eigenvalue weighted by Crippen LogP contribution is 2.29. The van der Waals surface area contributed by atoms with Gasteiger partial charge in [0.2, 0.25) is 0 Å². The average Bonchev–Trinajstić information content (AvgIpc) is 2.03. The number of nitrogens with two attached hydrogens (primary N) is 1. The Labute approximate surface area is 73.8 Å². The van der Waals surface area contributed by atoms with Gasteiger partial charge in [-0.15, -0.1) is 0 Å². The SMILES string of the molecule is CC(C)(C)[C@@H](N)c1cccnc1. The van der Waals surface area contributed by atoms with Gasteiger partial charge in [-0.3, -0.25) is 4.98 Å². The number of nitrogens with zero attached hydrogens (tertiary/aromatic N) is 1. The summed E-state index contributed by atoms with van der Waals surface area (Å²) in [5.74, 6) is 0. The van der Waals surface area contributed by atoms with Crippen LogP contribution in [0.2, 0.25) is 0 Å². The summed E-state index contributed by atoms with van der Waals surface area (Å²) < 4.78 is 0. The molecule has 1 aromatic rings. The molecule has 0 aromatic carbocycles. The third-order valence-electron chi connectivity index (χ3n) is 1.98. The smallest absolute Gasteiger partial charge is 0.0359 e. The van der Waals surface area contributed by atoms with Crippen molar-refractivity contribution in [1.29, 1.82) is 0 Å². The van der Waals surface area contributed by atoms with E-state index < -0.39 is 0 Å². The first-order valence-electron chi connectivity index (χ1n) is 4.17. The Morgan fingerprint density at radius 2 is 2.08 bits per heavy atom. The van der Waals surface area contributed by atoms with Crippen LogP contribution in [-0.4, -0.2) is 4.98 Å². The zero-order chi connectivity index (χ0) is 9.19. The highest BCUT2D eigenvalue weighted by Gasteiger charge is 2.21. The van der Waals surface area contributed by atoms with Gasteiger partial charge >= 0.3 is 0 Å². The molecule has 0 spiro atoms. The maximum atomic E-state index is 6.03. The van der Waals surface area contributed by atoms with Crippen LogP contribution in [0.25, 0.3) is 0 Å². The molecule has 0 bridgehead atoms. The molecular weight excluding hydrogens is 148 g/mol. The first kappa shape index (κ1) is 9.20. The molecule has 2 heteroatoms. The predicted molar refractivity (Wildman–Crippen MR) is 50.6 cm³/mol. The van der Waals surface area contributed by atoms with Gasteiger partial charge in [0.15, 0.2) is 0 Å². The van der Waals surface area contributed by atoms with E-state index in [1.165, 1.54) is 0 Å². The molecule has 1 heterocycles. The van der Waals surface area contributed by atoms with Gasteiger partial charge in [0.25, 0.3) is 0 Å². The largest absolute Gasteiger partial charge is 0.323 e. The lowest BCUT2D eigenvalue weighted by Crippen LogP contribution is -2.26. The van der Waals surface area contributed by atoms with Crippen LogP contribution in [0.3, 0.4) is 0 Å². The molecule has 0 saturated carbocycles. The second-order valence-corrected chi connectivity index (χ2v) is 4.13. The van der Waals surface area contributed by atoms with E-state index in [0.29, 0.717) is 0 Å². The van der Waals surface area contributed by atoms with Crippen molar-refractivity contribution in [2.75, 3.05) is 0 Å². The molecule has 0 aliphatic heterocycles. The summed E-state index contributed by atoms with van der Waals surface area (Å²) >= 11 is 0. The Hall–Kier alpha value is -0.890. The minimum atomic E-state index is 0.0613. The molecule has 1 aromatic heterocycles. The second-order valence-electron chi connectivity index (χ2n) is 4.13. The summed E-state index contributed by atoms with van der Waals surface area (Å²) in [6.45, 7) is 6.39. The zero-order valence-electron chi connectivity index (χ0n) is 7.91. The molecule has 0 aliphatic rings. The Kier molecular flexibility index (Phi) is 2.48. The molecule has 66 valence electrons. The van der Waals surface area contributed by atoms with Crippen LogP contribution in [0.1, 0.15) is 32.4 Å². The molecule has 0 radical (unpaired) electrons. The fraction of sp³-hybridized carbons (Fsp3) is 0.500. The Morgan fingerprint density at radius 3 is 2.50 bits per heavy atom. The van der Waals surface area contributed by atoms with Gasteiger partial charge in [-0.05, 0) is 17.0 Å². The quantitative estimate of drug-likeness (QED) is 0.690. The van der Waals surface area contributed by atoms with Crippen molar-refractivity contribution in [3.8, 4) is 0 Å². The van der Waals surface area contributed by atoms with Gasteiger partial charge in [-0.2, -0.15) is 0 Å². The molecule has 1 atom stereocenters. The number of hydrogen-bond donors (Lipinski definition) is 1. The van der Waals surface area contributed by atoms with Gasteiger partial charge in [0.1, 0.15) is 0 Å². The van der Waals surface area contributed by atoms with Crippen molar-refractivity contribution >= 4 is 0 Å². The van der Waals surface area contributed by atoms with Crippen molar-refractivity contribution in [3.63, 3.8) is 0 Å². The van der Waals surface area contributed by atoms with Gasteiger partial charge in [0.05, 0.1) is 0 Å². The third kappa shape index (κ3) is 2.05. The van der Waals surface area contributed by atoms with Crippen LogP contribution in [0, 0.1) is 5.41 Å². The number of hydrogen-bond acceptors (Lipinski definition) is 2. The first-order chi connectivity index (χ1) is 5.52.